The Bertz CT molecular complexity index is 956. The third-order valence-corrected chi connectivity index (χ3v) is 8.57. The van der Waals surface area contributed by atoms with E-state index in [4.69, 9.17) is 9.47 Å². The van der Waals surface area contributed by atoms with Gasteiger partial charge in [0.1, 0.15) is 11.5 Å². The average Bonchev–Trinajstić information content (AvgIpc) is 2.75. The number of sulfonamides is 2. The minimum Gasteiger partial charge on any atom is -0.494 e. The normalized spacial score (nSPS) is 16.3. The molecule has 0 radical (unpaired) electrons. The molecule has 1 aliphatic rings. The highest BCUT2D eigenvalue weighted by Crippen LogP contribution is 2.24. The Kier molecular flexibility index (Phi) is 7.02. The van der Waals surface area contributed by atoms with Crippen LogP contribution in [0.3, 0.4) is 0 Å². The number of piperazine rings is 1. The van der Waals surface area contributed by atoms with E-state index in [1.807, 2.05) is 13.8 Å². The standard InChI is InChI=1S/C20H26N2O6S2/c1-3-27-17-5-9-19(10-6-17)29(23,24)21-13-15-22(16-14-21)30(25,26)20-11-7-18(8-12-20)28-4-2/h5-12H,3-4,13-16H2,1-2H3. The Morgan fingerprint density at radius 3 is 1.20 bits per heavy atom. The highest BCUT2D eigenvalue weighted by atomic mass is 32.2. The van der Waals surface area contributed by atoms with Crippen molar-refractivity contribution in [1.29, 1.82) is 0 Å². The third-order valence-electron chi connectivity index (χ3n) is 4.74. The Hall–Kier alpha value is -2.14. The summed E-state index contributed by atoms with van der Waals surface area (Å²) in [7, 11) is -7.40. The van der Waals surface area contributed by atoms with Gasteiger partial charge in [0.15, 0.2) is 0 Å². The molecule has 0 N–H and O–H groups in total. The second-order valence-corrected chi connectivity index (χ2v) is 10.5. The zero-order valence-corrected chi connectivity index (χ0v) is 18.7. The van der Waals surface area contributed by atoms with Crippen molar-refractivity contribution < 1.29 is 26.3 Å². The van der Waals surface area contributed by atoms with Gasteiger partial charge in [-0.3, -0.25) is 0 Å². The molecule has 0 amide bonds. The second-order valence-electron chi connectivity index (χ2n) is 6.62. The fraction of sp³-hybridized carbons (Fsp3) is 0.400. The quantitative estimate of drug-likeness (QED) is 0.607. The molecule has 0 unspecified atom stereocenters. The van der Waals surface area contributed by atoms with E-state index in [2.05, 4.69) is 0 Å². The number of ether oxygens (including phenoxy) is 2. The average molecular weight is 455 g/mol. The van der Waals surface area contributed by atoms with Gasteiger partial charge in [0.2, 0.25) is 20.0 Å². The molecule has 0 spiro atoms. The third kappa shape index (κ3) is 4.77. The number of rotatable bonds is 8. The van der Waals surface area contributed by atoms with Crippen molar-refractivity contribution in [3.63, 3.8) is 0 Å². The van der Waals surface area contributed by atoms with Crippen LogP contribution in [0.2, 0.25) is 0 Å². The van der Waals surface area contributed by atoms with Crippen LogP contribution in [0.1, 0.15) is 13.8 Å². The first-order valence-corrected chi connectivity index (χ1v) is 12.6. The molecule has 0 atom stereocenters. The summed E-state index contributed by atoms with van der Waals surface area (Å²) in [5, 5.41) is 0. The molecule has 2 aromatic rings. The summed E-state index contributed by atoms with van der Waals surface area (Å²) in [4.78, 5) is 0.322. The molecule has 1 heterocycles. The Morgan fingerprint density at radius 1 is 0.633 bits per heavy atom. The summed E-state index contributed by atoms with van der Waals surface area (Å²) >= 11 is 0. The Balaban J connectivity index is 1.68. The molecule has 1 fully saturated rings. The minimum atomic E-state index is -3.70. The number of hydrogen-bond acceptors (Lipinski definition) is 6. The predicted octanol–water partition coefficient (Wildman–Crippen LogP) is 2.18. The zero-order chi connectivity index (χ0) is 21.8. The highest BCUT2D eigenvalue weighted by Gasteiger charge is 2.33. The van der Waals surface area contributed by atoms with E-state index >= 15 is 0 Å². The topological polar surface area (TPSA) is 93.2 Å². The van der Waals surface area contributed by atoms with Gasteiger partial charge in [-0.25, -0.2) is 16.8 Å². The first kappa shape index (κ1) is 22.5. The molecule has 30 heavy (non-hydrogen) atoms. The van der Waals surface area contributed by atoms with E-state index in [1.165, 1.54) is 32.9 Å². The van der Waals surface area contributed by atoms with E-state index in [9.17, 15) is 16.8 Å². The van der Waals surface area contributed by atoms with Crippen LogP contribution in [0, 0.1) is 0 Å². The van der Waals surface area contributed by atoms with Crippen LogP contribution in [-0.2, 0) is 20.0 Å². The summed E-state index contributed by atoms with van der Waals surface area (Å²) in [5.74, 6) is 1.20. The zero-order valence-electron chi connectivity index (χ0n) is 17.0. The van der Waals surface area contributed by atoms with Crippen molar-refractivity contribution in [2.24, 2.45) is 0 Å². The van der Waals surface area contributed by atoms with Gasteiger partial charge >= 0.3 is 0 Å². The van der Waals surface area contributed by atoms with Crippen LogP contribution in [0.5, 0.6) is 11.5 Å². The lowest BCUT2D eigenvalue weighted by Gasteiger charge is -2.33. The van der Waals surface area contributed by atoms with Gasteiger partial charge in [-0.05, 0) is 62.4 Å². The van der Waals surface area contributed by atoms with Crippen molar-refractivity contribution in [2.45, 2.75) is 23.6 Å². The molecule has 0 saturated carbocycles. The van der Waals surface area contributed by atoms with Crippen molar-refractivity contribution >= 4 is 20.0 Å². The Morgan fingerprint density at radius 2 is 0.933 bits per heavy atom. The van der Waals surface area contributed by atoms with Gasteiger partial charge in [0, 0.05) is 26.2 Å². The fourth-order valence-corrected chi connectivity index (χ4v) is 6.04. The van der Waals surface area contributed by atoms with Crippen LogP contribution in [0.4, 0.5) is 0 Å². The summed E-state index contributed by atoms with van der Waals surface area (Å²) in [6.45, 7) is 5.06. The van der Waals surface area contributed by atoms with Crippen LogP contribution in [0.15, 0.2) is 58.3 Å². The number of benzene rings is 2. The van der Waals surface area contributed by atoms with Gasteiger partial charge < -0.3 is 9.47 Å². The minimum absolute atomic E-state index is 0.0891. The lowest BCUT2D eigenvalue weighted by Crippen LogP contribution is -2.50. The molecule has 164 valence electrons. The van der Waals surface area contributed by atoms with Gasteiger partial charge in [-0.2, -0.15) is 8.61 Å². The first-order valence-electron chi connectivity index (χ1n) is 9.75. The van der Waals surface area contributed by atoms with E-state index in [1.54, 1.807) is 24.3 Å². The highest BCUT2D eigenvalue weighted by molar-refractivity contribution is 7.89. The van der Waals surface area contributed by atoms with E-state index in [0.717, 1.165) is 0 Å². The maximum atomic E-state index is 12.9. The number of hydrogen-bond donors (Lipinski definition) is 0. The van der Waals surface area contributed by atoms with Gasteiger partial charge in [0.25, 0.3) is 0 Å². The molecule has 8 nitrogen and oxygen atoms in total. The molecule has 3 rings (SSSR count). The summed E-state index contributed by atoms with van der Waals surface area (Å²) in [6.07, 6.45) is 0. The van der Waals surface area contributed by atoms with Crippen LogP contribution < -0.4 is 9.47 Å². The summed E-state index contributed by atoms with van der Waals surface area (Å²) < 4.78 is 64.9. The predicted molar refractivity (Wildman–Crippen MR) is 113 cm³/mol. The van der Waals surface area contributed by atoms with E-state index in [0.29, 0.717) is 24.7 Å². The maximum Gasteiger partial charge on any atom is 0.243 e. The number of nitrogens with zero attached hydrogens (tertiary/aromatic N) is 2. The molecule has 2 aromatic carbocycles. The molecular formula is C20H26N2O6S2. The molecule has 0 aliphatic carbocycles. The first-order chi connectivity index (χ1) is 14.3. The van der Waals surface area contributed by atoms with Gasteiger partial charge in [0.05, 0.1) is 23.0 Å². The molecular weight excluding hydrogens is 428 g/mol. The lowest BCUT2D eigenvalue weighted by atomic mass is 10.3. The smallest absolute Gasteiger partial charge is 0.243 e. The molecule has 0 aromatic heterocycles. The fourth-order valence-electron chi connectivity index (χ4n) is 3.20. The maximum absolute atomic E-state index is 12.9. The molecule has 1 aliphatic heterocycles. The van der Waals surface area contributed by atoms with Crippen molar-refractivity contribution in [2.75, 3.05) is 39.4 Å². The van der Waals surface area contributed by atoms with Crippen molar-refractivity contribution in [3.05, 3.63) is 48.5 Å². The van der Waals surface area contributed by atoms with Crippen molar-refractivity contribution in [3.8, 4) is 11.5 Å². The van der Waals surface area contributed by atoms with Gasteiger partial charge in [-0.1, -0.05) is 0 Å². The van der Waals surface area contributed by atoms with Crippen LogP contribution in [0.25, 0.3) is 0 Å². The second kappa shape index (κ2) is 9.34. The van der Waals surface area contributed by atoms with Crippen molar-refractivity contribution in [1.82, 2.24) is 8.61 Å². The van der Waals surface area contributed by atoms with Crippen LogP contribution >= 0.6 is 0 Å². The molecule has 10 heteroatoms. The SMILES string of the molecule is CCOc1ccc(S(=O)(=O)N2CCN(S(=O)(=O)c3ccc(OCC)cc3)CC2)cc1. The van der Waals surface area contributed by atoms with Crippen LogP contribution in [-0.4, -0.2) is 64.8 Å². The van der Waals surface area contributed by atoms with E-state index in [-0.39, 0.29) is 36.0 Å². The lowest BCUT2D eigenvalue weighted by molar-refractivity contribution is 0.272. The molecule has 0 bridgehead atoms. The summed E-state index contributed by atoms with van der Waals surface area (Å²) in [5.41, 5.74) is 0. The summed E-state index contributed by atoms with van der Waals surface area (Å²) in [6, 6.07) is 12.5. The molecule has 1 saturated heterocycles. The monoisotopic (exact) mass is 454 g/mol. The Labute approximate surface area is 178 Å². The largest absolute Gasteiger partial charge is 0.494 e. The van der Waals surface area contributed by atoms with Gasteiger partial charge in [-0.15, -0.1) is 0 Å². The van der Waals surface area contributed by atoms with E-state index < -0.39 is 20.0 Å².